The van der Waals surface area contributed by atoms with Crippen molar-refractivity contribution in [1.29, 1.82) is 0 Å². The summed E-state index contributed by atoms with van der Waals surface area (Å²) >= 11 is 0. The SMILES string of the molecule is COC1(C)CCN(C(=O)Cc2cc(C(F)(F)F)ccn2)CC1. The second kappa shape index (κ2) is 6.24. The zero-order valence-corrected chi connectivity index (χ0v) is 12.6. The second-order valence-corrected chi connectivity index (χ2v) is 5.75. The largest absolute Gasteiger partial charge is 0.416 e. The molecule has 2 rings (SSSR count). The van der Waals surface area contributed by atoms with Crippen LogP contribution in [0.15, 0.2) is 18.3 Å². The van der Waals surface area contributed by atoms with Gasteiger partial charge in [-0.25, -0.2) is 0 Å². The molecule has 1 aliphatic heterocycles. The molecule has 4 nitrogen and oxygen atoms in total. The highest BCUT2D eigenvalue weighted by molar-refractivity contribution is 5.78. The minimum absolute atomic E-state index is 0.117. The number of hydrogen-bond acceptors (Lipinski definition) is 3. The van der Waals surface area contributed by atoms with Gasteiger partial charge in [-0.05, 0) is 31.9 Å². The number of carbonyl (C=O) groups excluding carboxylic acids is 1. The van der Waals surface area contributed by atoms with Gasteiger partial charge in [0.1, 0.15) is 0 Å². The standard InChI is InChI=1S/C15H19F3N2O2/c1-14(22-2)4-7-20(8-5-14)13(21)10-12-9-11(3-6-19-12)15(16,17)18/h3,6,9H,4-5,7-8,10H2,1-2H3. The summed E-state index contributed by atoms with van der Waals surface area (Å²) in [7, 11) is 1.64. The van der Waals surface area contributed by atoms with E-state index in [1.165, 1.54) is 0 Å². The van der Waals surface area contributed by atoms with Crippen molar-refractivity contribution in [3.63, 3.8) is 0 Å². The maximum atomic E-state index is 12.6. The third-order valence-electron chi connectivity index (χ3n) is 4.14. The lowest BCUT2D eigenvalue weighted by Gasteiger charge is -2.38. The minimum atomic E-state index is -4.42. The Morgan fingerprint density at radius 2 is 2.05 bits per heavy atom. The lowest BCUT2D eigenvalue weighted by molar-refractivity contribution is -0.138. The predicted octanol–water partition coefficient (Wildman–Crippen LogP) is 2.67. The van der Waals surface area contributed by atoms with Crippen molar-refractivity contribution < 1.29 is 22.7 Å². The van der Waals surface area contributed by atoms with Gasteiger partial charge in [-0.15, -0.1) is 0 Å². The number of likely N-dealkylation sites (tertiary alicyclic amines) is 1. The Balaban J connectivity index is 1.99. The first-order valence-corrected chi connectivity index (χ1v) is 7.08. The van der Waals surface area contributed by atoms with Crippen LogP contribution in [-0.4, -0.2) is 41.6 Å². The molecule has 1 aliphatic rings. The second-order valence-electron chi connectivity index (χ2n) is 5.75. The van der Waals surface area contributed by atoms with Crippen LogP contribution in [0.2, 0.25) is 0 Å². The molecule has 0 aromatic carbocycles. The highest BCUT2D eigenvalue weighted by Gasteiger charge is 2.33. The van der Waals surface area contributed by atoms with Gasteiger partial charge < -0.3 is 9.64 Å². The molecule has 1 aromatic heterocycles. The summed E-state index contributed by atoms with van der Waals surface area (Å²) in [4.78, 5) is 17.7. The van der Waals surface area contributed by atoms with Crippen LogP contribution in [0.3, 0.4) is 0 Å². The molecule has 0 N–H and O–H groups in total. The minimum Gasteiger partial charge on any atom is -0.378 e. The summed E-state index contributed by atoms with van der Waals surface area (Å²) in [5.41, 5.74) is -0.874. The van der Waals surface area contributed by atoms with Gasteiger partial charge in [0.15, 0.2) is 0 Å². The van der Waals surface area contributed by atoms with E-state index in [1.807, 2.05) is 6.92 Å². The summed E-state index contributed by atoms with van der Waals surface area (Å²) in [5.74, 6) is -0.204. The van der Waals surface area contributed by atoms with Crippen LogP contribution in [0, 0.1) is 0 Å². The number of nitrogens with zero attached hydrogens (tertiary/aromatic N) is 2. The van der Waals surface area contributed by atoms with Crippen LogP contribution in [-0.2, 0) is 22.1 Å². The van der Waals surface area contributed by atoms with Crippen molar-refractivity contribution in [2.75, 3.05) is 20.2 Å². The maximum Gasteiger partial charge on any atom is 0.416 e. The Hall–Kier alpha value is -1.63. The van der Waals surface area contributed by atoms with Crippen LogP contribution in [0.1, 0.15) is 31.0 Å². The van der Waals surface area contributed by atoms with Crippen molar-refractivity contribution in [3.8, 4) is 0 Å². The number of halogens is 3. The quantitative estimate of drug-likeness (QED) is 0.861. The summed E-state index contributed by atoms with van der Waals surface area (Å²) in [5, 5.41) is 0. The molecule has 0 spiro atoms. The topological polar surface area (TPSA) is 42.4 Å². The van der Waals surface area contributed by atoms with Crippen LogP contribution in [0.25, 0.3) is 0 Å². The Labute approximate surface area is 127 Å². The molecule has 2 heterocycles. The van der Waals surface area contributed by atoms with E-state index in [4.69, 9.17) is 4.74 Å². The summed E-state index contributed by atoms with van der Waals surface area (Å²) in [6.07, 6.45) is -2.03. The van der Waals surface area contributed by atoms with Crippen molar-refractivity contribution in [2.45, 2.75) is 38.0 Å². The normalized spacial score (nSPS) is 18.3. The van der Waals surface area contributed by atoms with E-state index in [2.05, 4.69) is 4.98 Å². The summed E-state index contributed by atoms with van der Waals surface area (Å²) < 4.78 is 43.3. The first-order chi connectivity index (χ1) is 10.2. The zero-order valence-electron chi connectivity index (χ0n) is 12.6. The van der Waals surface area contributed by atoms with Crippen LogP contribution in [0.5, 0.6) is 0 Å². The fourth-order valence-electron chi connectivity index (χ4n) is 2.45. The Bertz CT molecular complexity index is 538. The van der Waals surface area contributed by atoms with E-state index in [9.17, 15) is 18.0 Å². The molecule has 1 saturated heterocycles. The van der Waals surface area contributed by atoms with Gasteiger partial charge >= 0.3 is 6.18 Å². The van der Waals surface area contributed by atoms with E-state index in [0.29, 0.717) is 25.9 Å². The first kappa shape index (κ1) is 16.7. The average molecular weight is 316 g/mol. The molecular weight excluding hydrogens is 297 g/mol. The molecule has 0 aliphatic carbocycles. The van der Waals surface area contributed by atoms with Gasteiger partial charge in [-0.2, -0.15) is 13.2 Å². The van der Waals surface area contributed by atoms with Gasteiger partial charge in [-0.1, -0.05) is 0 Å². The molecule has 0 radical (unpaired) electrons. The zero-order chi connectivity index (χ0) is 16.4. The number of hydrogen-bond donors (Lipinski definition) is 0. The van der Waals surface area contributed by atoms with E-state index >= 15 is 0 Å². The number of aromatic nitrogens is 1. The molecule has 0 bridgehead atoms. The number of methoxy groups -OCH3 is 1. The molecule has 1 fully saturated rings. The predicted molar refractivity (Wildman–Crippen MR) is 74.2 cm³/mol. The first-order valence-electron chi connectivity index (χ1n) is 7.08. The van der Waals surface area contributed by atoms with Crippen LogP contribution in [0.4, 0.5) is 13.2 Å². The Morgan fingerprint density at radius 3 is 2.59 bits per heavy atom. The van der Waals surface area contributed by atoms with E-state index < -0.39 is 11.7 Å². The van der Waals surface area contributed by atoms with Gasteiger partial charge in [0.2, 0.25) is 5.91 Å². The van der Waals surface area contributed by atoms with E-state index in [1.54, 1.807) is 12.0 Å². The fraction of sp³-hybridized carbons (Fsp3) is 0.600. The van der Waals surface area contributed by atoms with Crippen molar-refractivity contribution in [1.82, 2.24) is 9.88 Å². The summed E-state index contributed by atoms with van der Waals surface area (Å²) in [6, 6.07) is 1.83. The van der Waals surface area contributed by atoms with E-state index in [-0.39, 0.29) is 23.6 Å². The molecule has 0 saturated carbocycles. The molecule has 0 unspecified atom stereocenters. The number of carbonyl (C=O) groups is 1. The number of rotatable bonds is 3. The molecule has 0 atom stereocenters. The van der Waals surface area contributed by atoms with Crippen molar-refractivity contribution >= 4 is 5.91 Å². The Morgan fingerprint density at radius 1 is 1.41 bits per heavy atom. The third-order valence-corrected chi connectivity index (χ3v) is 4.14. The number of amides is 1. The van der Waals surface area contributed by atoms with Crippen molar-refractivity contribution in [2.24, 2.45) is 0 Å². The van der Waals surface area contributed by atoms with Gasteiger partial charge in [0.05, 0.1) is 23.3 Å². The molecule has 1 amide bonds. The lowest BCUT2D eigenvalue weighted by atomic mass is 9.93. The monoisotopic (exact) mass is 316 g/mol. The van der Waals surface area contributed by atoms with E-state index in [0.717, 1.165) is 18.3 Å². The van der Waals surface area contributed by atoms with Gasteiger partial charge in [0.25, 0.3) is 0 Å². The van der Waals surface area contributed by atoms with Gasteiger partial charge in [0, 0.05) is 26.4 Å². The number of alkyl halides is 3. The average Bonchev–Trinajstić information content (AvgIpc) is 2.47. The number of piperidine rings is 1. The molecule has 122 valence electrons. The fourth-order valence-corrected chi connectivity index (χ4v) is 2.45. The third kappa shape index (κ3) is 3.97. The van der Waals surface area contributed by atoms with Crippen LogP contribution < -0.4 is 0 Å². The molecule has 22 heavy (non-hydrogen) atoms. The number of ether oxygens (including phenoxy) is 1. The number of pyridine rings is 1. The molecule has 7 heteroatoms. The van der Waals surface area contributed by atoms with Gasteiger partial charge in [-0.3, -0.25) is 9.78 Å². The van der Waals surface area contributed by atoms with Crippen molar-refractivity contribution in [3.05, 3.63) is 29.6 Å². The summed E-state index contributed by atoms with van der Waals surface area (Å²) in [6.45, 7) is 3.08. The highest BCUT2D eigenvalue weighted by atomic mass is 19.4. The molecule has 1 aromatic rings. The lowest BCUT2D eigenvalue weighted by Crippen LogP contribution is -2.46. The van der Waals surface area contributed by atoms with Crippen LogP contribution >= 0.6 is 0 Å². The Kier molecular flexibility index (Phi) is 4.75. The molecular formula is C15H19F3N2O2. The smallest absolute Gasteiger partial charge is 0.378 e. The maximum absolute atomic E-state index is 12.6. The highest BCUT2D eigenvalue weighted by Crippen LogP contribution is 2.29.